The largest absolute Gasteiger partial charge is 0.205 e. The normalized spacial score (nSPS) is 11.1. The van der Waals surface area contributed by atoms with E-state index in [2.05, 4.69) is 264 Å². The standard InChI is InChI=1S/C64H54N2/c1(21-39-65-41-35-55(36-42-65)63-59(51-27-13-5-14-28-51)45-57(49-23-9-3-10-24-49)46-60(63)52-29-15-6-16-30-52)2-22-40-66-43-37-56(38-44-66)64-61(53-31-17-7-18-32-53)47-58(50-25-11-4-12-26-50)48-62(64)54-33-19-8-20-34-54/h3-20,23-38,41-48H,1-2,21-22,39-40H2/q+2. The third-order valence-electron chi connectivity index (χ3n) is 12.8. The number of rotatable bonds is 15. The lowest BCUT2D eigenvalue weighted by atomic mass is 9.85. The van der Waals surface area contributed by atoms with Gasteiger partial charge in [0, 0.05) is 37.1 Å². The van der Waals surface area contributed by atoms with Crippen LogP contribution in [0.4, 0.5) is 0 Å². The van der Waals surface area contributed by atoms with E-state index >= 15 is 0 Å². The Hall–Kier alpha value is -7.94. The number of unbranched alkanes of at least 4 members (excludes halogenated alkanes) is 3. The summed E-state index contributed by atoms with van der Waals surface area (Å²) in [5, 5.41) is 0. The van der Waals surface area contributed by atoms with Crippen molar-refractivity contribution >= 4 is 0 Å². The Morgan fingerprint density at radius 2 is 0.455 bits per heavy atom. The van der Waals surface area contributed by atoms with Crippen LogP contribution in [0.3, 0.4) is 0 Å². The first-order valence-corrected chi connectivity index (χ1v) is 23.4. The summed E-state index contributed by atoms with van der Waals surface area (Å²) >= 11 is 0. The van der Waals surface area contributed by atoms with Crippen molar-refractivity contribution in [1.29, 1.82) is 0 Å². The van der Waals surface area contributed by atoms with Gasteiger partial charge in [-0.15, -0.1) is 0 Å². The molecule has 0 saturated heterocycles. The van der Waals surface area contributed by atoms with Gasteiger partial charge in [-0.05, 0) is 126 Å². The minimum Gasteiger partial charge on any atom is -0.205 e. The number of aromatic nitrogens is 2. The lowest BCUT2D eigenvalue weighted by Crippen LogP contribution is -2.33. The highest BCUT2D eigenvalue weighted by atomic mass is 14.9. The Morgan fingerprint density at radius 1 is 0.212 bits per heavy atom. The van der Waals surface area contributed by atoms with Gasteiger partial charge in [0.2, 0.25) is 0 Å². The van der Waals surface area contributed by atoms with Crippen LogP contribution in [-0.2, 0) is 13.1 Å². The Labute approximate surface area is 390 Å². The first-order valence-electron chi connectivity index (χ1n) is 23.4. The van der Waals surface area contributed by atoms with Crippen molar-refractivity contribution in [2.24, 2.45) is 0 Å². The van der Waals surface area contributed by atoms with Crippen molar-refractivity contribution in [2.45, 2.75) is 38.8 Å². The van der Waals surface area contributed by atoms with E-state index in [1.165, 1.54) is 102 Å². The van der Waals surface area contributed by atoms with Crippen LogP contribution in [0.2, 0.25) is 0 Å². The number of nitrogens with zero attached hydrogens (tertiary/aromatic N) is 2. The maximum atomic E-state index is 2.37. The first kappa shape index (κ1) is 42.0. The molecule has 66 heavy (non-hydrogen) atoms. The molecule has 0 unspecified atom stereocenters. The summed E-state index contributed by atoms with van der Waals surface area (Å²) in [4.78, 5) is 0. The van der Waals surface area contributed by atoms with E-state index in [-0.39, 0.29) is 0 Å². The third-order valence-corrected chi connectivity index (χ3v) is 12.8. The maximum absolute atomic E-state index is 2.37. The molecule has 2 aromatic heterocycles. The van der Waals surface area contributed by atoms with Crippen LogP contribution in [0.25, 0.3) is 89.0 Å². The van der Waals surface area contributed by atoms with Gasteiger partial charge in [-0.25, -0.2) is 9.13 Å². The Kier molecular flexibility index (Phi) is 12.9. The summed E-state index contributed by atoms with van der Waals surface area (Å²) in [7, 11) is 0. The molecule has 8 aromatic carbocycles. The van der Waals surface area contributed by atoms with E-state index in [1.54, 1.807) is 0 Å². The zero-order valence-electron chi connectivity index (χ0n) is 37.4. The highest BCUT2D eigenvalue weighted by Gasteiger charge is 2.20. The molecule has 2 nitrogen and oxygen atoms in total. The van der Waals surface area contributed by atoms with Crippen molar-refractivity contribution in [1.82, 2.24) is 0 Å². The molecule has 0 aliphatic rings. The smallest absolute Gasteiger partial charge is 0.169 e. The van der Waals surface area contributed by atoms with E-state index < -0.39 is 0 Å². The van der Waals surface area contributed by atoms with Gasteiger partial charge in [0.15, 0.2) is 24.8 Å². The van der Waals surface area contributed by atoms with Crippen molar-refractivity contribution in [2.75, 3.05) is 0 Å². The fraction of sp³-hybridized carbons (Fsp3) is 0.0938. The van der Waals surface area contributed by atoms with Crippen LogP contribution in [0.15, 0.2) is 255 Å². The molecule has 0 N–H and O–H groups in total. The summed E-state index contributed by atoms with van der Waals surface area (Å²) in [6, 6.07) is 83.5. The molecule has 10 aromatic rings. The monoisotopic (exact) mass is 850 g/mol. The molecule has 0 atom stereocenters. The molecule has 2 heterocycles. The van der Waals surface area contributed by atoms with Gasteiger partial charge in [0.1, 0.15) is 13.1 Å². The average Bonchev–Trinajstić information content (AvgIpc) is 3.41. The SMILES string of the molecule is c1ccc(-c2cc(-c3ccccc3)c(-c3cc[n+](CCCCCC[n+]4ccc(-c5c(-c6ccccc6)cc(-c6ccccc6)cc5-c5ccccc5)cc4)cc3)c(-c3ccccc3)c2)cc1. The summed E-state index contributed by atoms with van der Waals surface area (Å²) in [6.45, 7) is 2.01. The Balaban J connectivity index is 0.828. The van der Waals surface area contributed by atoms with Crippen molar-refractivity contribution in [3.63, 3.8) is 0 Å². The van der Waals surface area contributed by atoms with Gasteiger partial charge in [0.05, 0.1) is 0 Å². The molecule has 0 aliphatic heterocycles. The number of pyridine rings is 2. The number of benzene rings is 8. The third kappa shape index (κ3) is 9.60. The van der Waals surface area contributed by atoms with Gasteiger partial charge < -0.3 is 0 Å². The number of hydrogen-bond acceptors (Lipinski definition) is 0. The van der Waals surface area contributed by atoms with Crippen molar-refractivity contribution in [3.8, 4) is 89.0 Å². The molecule has 10 rings (SSSR count). The minimum absolute atomic E-state index is 1.00. The molecule has 0 spiro atoms. The van der Waals surface area contributed by atoms with Crippen LogP contribution in [0, 0.1) is 0 Å². The van der Waals surface area contributed by atoms with E-state index in [0.717, 1.165) is 25.9 Å². The topological polar surface area (TPSA) is 7.76 Å². The Morgan fingerprint density at radius 3 is 0.712 bits per heavy atom. The second kappa shape index (κ2) is 20.3. The lowest BCUT2D eigenvalue weighted by molar-refractivity contribution is -0.698. The maximum Gasteiger partial charge on any atom is 0.169 e. The summed E-state index contributed by atoms with van der Waals surface area (Å²) in [6.07, 6.45) is 13.7. The fourth-order valence-corrected chi connectivity index (χ4v) is 9.37. The van der Waals surface area contributed by atoms with Crippen LogP contribution in [0.1, 0.15) is 25.7 Å². The van der Waals surface area contributed by atoms with E-state index in [9.17, 15) is 0 Å². The van der Waals surface area contributed by atoms with Crippen LogP contribution >= 0.6 is 0 Å². The molecule has 0 saturated carbocycles. The number of aryl methyl sites for hydroxylation is 2. The first-order chi connectivity index (χ1) is 32.7. The summed E-state index contributed by atoms with van der Waals surface area (Å²) in [5.41, 5.74) is 19.7. The van der Waals surface area contributed by atoms with Crippen molar-refractivity contribution in [3.05, 3.63) is 255 Å². The van der Waals surface area contributed by atoms with Crippen LogP contribution in [0.5, 0.6) is 0 Å². The molecular weight excluding hydrogens is 797 g/mol. The molecule has 0 amide bonds. The number of hydrogen-bond donors (Lipinski definition) is 0. The van der Waals surface area contributed by atoms with Gasteiger partial charge in [0.25, 0.3) is 0 Å². The molecule has 0 radical (unpaired) electrons. The second-order valence-corrected chi connectivity index (χ2v) is 17.2. The lowest BCUT2D eigenvalue weighted by Gasteiger charge is -2.19. The van der Waals surface area contributed by atoms with E-state index in [1.807, 2.05) is 0 Å². The minimum atomic E-state index is 1.00. The highest BCUT2D eigenvalue weighted by Crippen LogP contribution is 2.45. The van der Waals surface area contributed by atoms with Crippen LogP contribution in [-0.4, -0.2) is 0 Å². The molecule has 0 bridgehead atoms. The van der Waals surface area contributed by atoms with Gasteiger partial charge in [-0.3, -0.25) is 0 Å². The molecule has 2 heteroatoms. The second-order valence-electron chi connectivity index (χ2n) is 17.2. The van der Waals surface area contributed by atoms with Gasteiger partial charge in [-0.1, -0.05) is 182 Å². The zero-order chi connectivity index (χ0) is 44.3. The molecule has 318 valence electrons. The van der Waals surface area contributed by atoms with Gasteiger partial charge >= 0.3 is 0 Å². The average molecular weight is 851 g/mol. The highest BCUT2D eigenvalue weighted by molar-refractivity contribution is 5.99. The fourth-order valence-electron chi connectivity index (χ4n) is 9.37. The van der Waals surface area contributed by atoms with Crippen LogP contribution < -0.4 is 9.13 Å². The summed E-state index contributed by atoms with van der Waals surface area (Å²) in [5.74, 6) is 0. The van der Waals surface area contributed by atoms with E-state index in [4.69, 9.17) is 0 Å². The van der Waals surface area contributed by atoms with Crippen molar-refractivity contribution < 1.29 is 9.13 Å². The van der Waals surface area contributed by atoms with Gasteiger partial charge in [-0.2, -0.15) is 0 Å². The Bertz CT molecular complexity index is 2770. The predicted molar refractivity (Wildman–Crippen MR) is 275 cm³/mol. The zero-order valence-corrected chi connectivity index (χ0v) is 37.4. The predicted octanol–water partition coefficient (Wildman–Crippen LogP) is 15.9. The quantitative estimate of drug-likeness (QED) is 0.0717. The van der Waals surface area contributed by atoms with E-state index in [0.29, 0.717) is 0 Å². The molecule has 0 fully saturated rings. The molecule has 0 aliphatic carbocycles. The summed E-state index contributed by atoms with van der Waals surface area (Å²) < 4.78 is 4.69. The molecular formula is C64H54N2+2.